The zero-order valence-corrected chi connectivity index (χ0v) is 15.3. The topological polar surface area (TPSA) is 75.7 Å². The summed E-state index contributed by atoms with van der Waals surface area (Å²) in [6.07, 6.45) is 0. The van der Waals surface area contributed by atoms with Crippen molar-refractivity contribution in [1.29, 1.82) is 0 Å². The first-order chi connectivity index (χ1) is 12.3. The summed E-state index contributed by atoms with van der Waals surface area (Å²) in [5.41, 5.74) is 3.23. The molecule has 0 fully saturated rings. The molecule has 0 radical (unpaired) electrons. The molecule has 0 aromatic heterocycles. The molecule has 2 amide bonds. The average Bonchev–Trinajstić information content (AvgIpc) is 2.61. The smallest absolute Gasteiger partial charge is 0.338 e. The number of anilines is 1. The SMILES string of the molecule is Cc1ccc(C)c(C(=O)OCC(=O)Nc2ccc(C(=O)N(C)C)cc2)c1. The predicted molar refractivity (Wildman–Crippen MR) is 99.3 cm³/mol. The minimum absolute atomic E-state index is 0.120. The molecular weight excluding hydrogens is 332 g/mol. The molecule has 0 saturated heterocycles. The molecule has 0 aliphatic rings. The van der Waals surface area contributed by atoms with E-state index in [-0.39, 0.29) is 12.5 Å². The molecule has 0 saturated carbocycles. The number of nitrogens with one attached hydrogen (secondary N) is 1. The van der Waals surface area contributed by atoms with Gasteiger partial charge < -0.3 is 15.0 Å². The van der Waals surface area contributed by atoms with Crippen LogP contribution in [0.3, 0.4) is 0 Å². The third-order valence-corrected chi connectivity index (χ3v) is 3.77. The highest BCUT2D eigenvalue weighted by Crippen LogP contribution is 2.13. The van der Waals surface area contributed by atoms with Gasteiger partial charge >= 0.3 is 5.97 Å². The van der Waals surface area contributed by atoms with Crippen LogP contribution in [0.4, 0.5) is 5.69 Å². The molecule has 0 unspecified atom stereocenters. The van der Waals surface area contributed by atoms with Gasteiger partial charge in [0.15, 0.2) is 6.61 Å². The molecule has 0 aliphatic carbocycles. The quantitative estimate of drug-likeness (QED) is 0.838. The number of benzene rings is 2. The van der Waals surface area contributed by atoms with Crippen LogP contribution in [0.1, 0.15) is 31.8 Å². The second kappa shape index (κ2) is 8.29. The lowest BCUT2D eigenvalue weighted by molar-refractivity contribution is -0.119. The van der Waals surface area contributed by atoms with Crippen LogP contribution in [-0.2, 0) is 9.53 Å². The summed E-state index contributed by atoms with van der Waals surface area (Å²) < 4.78 is 5.08. The Morgan fingerprint density at radius 3 is 2.27 bits per heavy atom. The summed E-state index contributed by atoms with van der Waals surface area (Å²) in [6, 6.07) is 12.0. The first kappa shape index (κ1) is 19.2. The monoisotopic (exact) mass is 354 g/mol. The number of hydrogen-bond acceptors (Lipinski definition) is 4. The Hall–Kier alpha value is -3.15. The lowest BCUT2D eigenvalue weighted by Crippen LogP contribution is -2.22. The normalized spacial score (nSPS) is 10.2. The molecule has 0 bridgehead atoms. The van der Waals surface area contributed by atoms with Crippen LogP contribution in [0.2, 0.25) is 0 Å². The molecule has 0 heterocycles. The van der Waals surface area contributed by atoms with Gasteiger partial charge in [-0.2, -0.15) is 0 Å². The van der Waals surface area contributed by atoms with Crippen LogP contribution in [0.25, 0.3) is 0 Å². The molecule has 0 aliphatic heterocycles. The Bertz CT molecular complexity index is 826. The third kappa shape index (κ3) is 4.92. The van der Waals surface area contributed by atoms with Crippen LogP contribution in [0.15, 0.2) is 42.5 Å². The average molecular weight is 354 g/mol. The fourth-order valence-electron chi connectivity index (χ4n) is 2.32. The molecule has 0 atom stereocenters. The van der Waals surface area contributed by atoms with Gasteiger partial charge in [0, 0.05) is 25.3 Å². The molecule has 0 spiro atoms. The molecule has 26 heavy (non-hydrogen) atoms. The van der Waals surface area contributed by atoms with Crippen molar-refractivity contribution in [3.05, 3.63) is 64.7 Å². The van der Waals surface area contributed by atoms with Crippen LogP contribution >= 0.6 is 0 Å². The predicted octanol–water partition coefficient (Wildman–Crippen LogP) is 2.80. The molecule has 1 N–H and O–H groups in total. The number of nitrogens with zero attached hydrogens (tertiary/aromatic N) is 1. The van der Waals surface area contributed by atoms with Crippen LogP contribution in [0, 0.1) is 13.8 Å². The van der Waals surface area contributed by atoms with E-state index in [0.29, 0.717) is 16.8 Å². The van der Waals surface area contributed by atoms with Crippen LogP contribution in [-0.4, -0.2) is 43.4 Å². The van der Waals surface area contributed by atoms with Gasteiger partial charge in [0.25, 0.3) is 11.8 Å². The Labute approximate surface area is 152 Å². The summed E-state index contributed by atoms with van der Waals surface area (Å²) in [6.45, 7) is 3.31. The molecule has 2 rings (SSSR count). The summed E-state index contributed by atoms with van der Waals surface area (Å²) in [4.78, 5) is 37.4. The standard InChI is InChI=1S/C20H22N2O4/c1-13-5-6-14(2)17(11-13)20(25)26-12-18(23)21-16-9-7-15(8-10-16)19(24)22(3)4/h5-11H,12H2,1-4H3,(H,21,23). The van der Waals surface area contributed by atoms with E-state index in [4.69, 9.17) is 4.74 Å². The van der Waals surface area contributed by atoms with Crippen LogP contribution < -0.4 is 5.32 Å². The molecule has 6 nitrogen and oxygen atoms in total. The second-order valence-corrected chi connectivity index (χ2v) is 6.22. The highest BCUT2D eigenvalue weighted by molar-refractivity contribution is 5.97. The third-order valence-electron chi connectivity index (χ3n) is 3.77. The zero-order chi connectivity index (χ0) is 19.3. The minimum atomic E-state index is -0.534. The number of carbonyl (C=O) groups is 3. The molecule has 2 aromatic rings. The fraction of sp³-hybridized carbons (Fsp3) is 0.250. The van der Waals surface area contributed by atoms with E-state index >= 15 is 0 Å². The van der Waals surface area contributed by atoms with Crippen molar-refractivity contribution in [3.63, 3.8) is 0 Å². The molecular formula is C20H22N2O4. The Morgan fingerprint density at radius 1 is 1.00 bits per heavy atom. The van der Waals surface area contributed by atoms with Crippen LogP contribution in [0.5, 0.6) is 0 Å². The van der Waals surface area contributed by atoms with Gasteiger partial charge in [-0.15, -0.1) is 0 Å². The van der Waals surface area contributed by atoms with E-state index < -0.39 is 11.9 Å². The zero-order valence-electron chi connectivity index (χ0n) is 15.3. The summed E-state index contributed by atoms with van der Waals surface area (Å²) in [7, 11) is 3.34. The molecule has 2 aromatic carbocycles. The number of ether oxygens (including phenoxy) is 1. The maximum Gasteiger partial charge on any atom is 0.338 e. The highest BCUT2D eigenvalue weighted by Gasteiger charge is 2.13. The Morgan fingerprint density at radius 2 is 1.65 bits per heavy atom. The van der Waals surface area contributed by atoms with E-state index in [2.05, 4.69) is 5.32 Å². The van der Waals surface area contributed by atoms with Crippen molar-refractivity contribution in [2.24, 2.45) is 0 Å². The first-order valence-corrected chi connectivity index (χ1v) is 8.14. The minimum Gasteiger partial charge on any atom is -0.452 e. The van der Waals surface area contributed by atoms with Crippen molar-refractivity contribution >= 4 is 23.5 Å². The van der Waals surface area contributed by atoms with Crippen molar-refractivity contribution < 1.29 is 19.1 Å². The van der Waals surface area contributed by atoms with Gasteiger partial charge in [-0.3, -0.25) is 9.59 Å². The van der Waals surface area contributed by atoms with Gasteiger partial charge in [-0.05, 0) is 49.7 Å². The Balaban J connectivity index is 1.91. The largest absolute Gasteiger partial charge is 0.452 e. The van der Waals surface area contributed by atoms with Gasteiger partial charge in [0.1, 0.15) is 0 Å². The summed E-state index contributed by atoms with van der Waals surface area (Å²) in [5.74, 6) is -1.10. The number of carbonyl (C=O) groups excluding carboxylic acids is 3. The number of rotatable bonds is 5. The summed E-state index contributed by atoms with van der Waals surface area (Å²) in [5, 5.41) is 2.63. The van der Waals surface area contributed by atoms with Crippen molar-refractivity contribution in [1.82, 2.24) is 4.90 Å². The van der Waals surface area contributed by atoms with Gasteiger partial charge in [0.05, 0.1) is 5.56 Å². The summed E-state index contributed by atoms with van der Waals surface area (Å²) >= 11 is 0. The highest BCUT2D eigenvalue weighted by atomic mass is 16.5. The van der Waals surface area contributed by atoms with Gasteiger partial charge in [-0.25, -0.2) is 4.79 Å². The van der Waals surface area contributed by atoms with E-state index in [1.54, 1.807) is 44.4 Å². The van der Waals surface area contributed by atoms with Crippen molar-refractivity contribution in [3.8, 4) is 0 Å². The maximum absolute atomic E-state index is 12.1. The molecule has 6 heteroatoms. The lowest BCUT2D eigenvalue weighted by Gasteiger charge is -2.11. The van der Waals surface area contributed by atoms with E-state index in [0.717, 1.165) is 11.1 Å². The van der Waals surface area contributed by atoms with Crippen molar-refractivity contribution in [2.75, 3.05) is 26.0 Å². The van der Waals surface area contributed by atoms with Gasteiger partial charge in [0.2, 0.25) is 0 Å². The van der Waals surface area contributed by atoms with Gasteiger partial charge in [-0.1, -0.05) is 17.7 Å². The van der Waals surface area contributed by atoms with E-state index in [1.807, 2.05) is 26.0 Å². The molecule has 136 valence electrons. The number of amides is 2. The van der Waals surface area contributed by atoms with E-state index in [1.165, 1.54) is 4.90 Å². The second-order valence-electron chi connectivity index (χ2n) is 6.22. The number of esters is 1. The lowest BCUT2D eigenvalue weighted by atomic mass is 10.1. The number of aryl methyl sites for hydroxylation is 2. The number of hydrogen-bond donors (Lipinski definition) is 1. The Kier molecular flexibility index (Phi) is 6.11. The van der Waals surface area contributed by atoms with Crippen molar-refractivity contribution in [2.45, 2.75) is 13.8 Å². The van der Waals surface area contributed by atoms with E-state index in [9.17, 15) is 14.4 Å². The fourth-order valence-corrected chi connectivity index (χ4v) is 2.32. The first-order valence-electron chi connectivity index (χ1n) is 8.14. The maximum atomic E-state index is 12.1.